The van der Waals surface area contributed by atoms with Gasteiger partial charge in [0.2, 0.25) is 0 Å². The first kappa shape index (κ1) is 14.1. The molecule has 1 rings (SSSR count). The summed E-state index contributed by atoms with van der Waals surface area (Å²) < 4.78 is 5.15. The Morgan fingerprint density at radius 1 is 1.47 bits per heavy atom. The average molecular weight is 254 g/mol. The van der Waals surface area contributed by atoms with Gasteiger partial charge in [0.1, 0.15) is 0 Å². The summed E-state index contributed by atoms with van der Waals surface area (Å²) in [5.74, 6) is 0.422. The Labute approximate surface area is 106 Å². The standard InChI is InChI=1S/C13H18O3S/c1-3-16-12(13(14)15)9-17-8-11-7-5-4-6-10(11)2/h4-7,12H,3,8-9H2,1-2H3,(H,14,15). The molecule has 0 aliphatic rings. The Kier molecular flexibility index (Phi) is 6.08. The Morgan fingerprint density at radius 2 is 2.18 bits per heavy atom. The molecule has 17 heavy (non-hydrogen) atoms. The van der Waals surface area contributed by atoms with E-state index in [9.17, 15) is 4.79 Å². The van der Waals surface area contributed by atoms with Crippen molar-refractivity contribution < 1.29 is 14.6 Å². The summed E-state index contributed by atoms with van der Waals surface area (Å²) >= 11 is 1.59. The van der Waals surface area contributed by atoms with Crippen LogP contribution < -0.4 is 0 Å². The quantitative estimate of drug-likeness (QED) is 0.812. The van der Waals surface area contributed by atoms with Gasteiger partial charge in [0.25, 0.3) is 0 Å². The number of carboxylic acid groups (broad SMARTS) is 1. The molecule has 1 aromatic rings. The molecule has 0 radical (unpaired) electrons. The predicted molar refractivity (Wildman–Crippen MR) is 70.4 cm³/mol. The molecule has 0 bridgehead atoms. The molecule has 4 heteroatoms. The number of rotatable bonds is 7. The number of aliphatic carboxylic acids is 1. The van der Waals surface area contributed by atoms with Gasteiger partial charge in [-0.1, -0.05) is 24.3 Å². The maximum Gasteiger partial charge on any atom is 0.333 e. The van der Waals surface area contributed by atoms with E-state index in [1.807, 2.05) is 19.1 Å². The molecule has 0 amide bonds. The molecule has 0 saturated heterocycles. The van der Waals surface area contributed by atoms with E-state index in [-0.39, 0.29) is 0 Å². The third kappa shape index (κ3) is 4.79. The largest absolute Gasteiger partial charge is 0.479 e. The lowest BCUT2D eigenvalue weighted by Crippen LogP contribution is -2.26. The first-order valence-electron chi connectivity index (χ1n) is 5.61. The number of hydrogen-bond donors (Lipinski definition) is 1. The predicted octanol–water partition coefficient (Wildman–Crippen LogP) is 2.72. The maximum absolute atomic E-state index is 10.9. The summed E-state index contributed by atoms with van der Waals surface area (Å²) in [6, 6.07) is 8.13. The van der Waals surface area contributed by atoms with Gasteiger partial charge in [-0.15, -0.1) is 0 Å². The number of carboxylic acids is 1. The molecular weight excluding hydrogens is 236 g/mol. The molecule has 0 saturated carbocycles. The van der Waals surface area contributed by atoms with Crippen molar-refractivity contribution >= 4 is 17.7 Å². The van der Waals surface area contributed by atoms with Crippen LogP contribution >= 0.6 is 11.8 Å². The van der Waals surface area contributed by atoms with Crippen LogP contribution in [0.5, 0.6) is 0 Å². The molecule has 1 atom stereocenters. The van der Waals surface area contributed by atoms with Crippen molar-refractivity contribution in [2.75, 3.05) is 12.4 Å². The molecule has 0 spiro atoms. The minimum atomic E-state index is -0.885. The van der Waals surface area contributed by atoms with E-state index in [0.717, 1.165) is 5.75 Å². The van der Waals surface area contributed by atoms with Crippen molar-refractivity contribution in [1.82, 2.24) is 0 Å². The smallest absolute Gasteiger partial charge is 0.333 e. The Balaban J connectivity index is 2.41. The van der Waals surface area contributed by atoms with Gasteiger partial charge in [-0.3, -0.25) is 0 Å². The third-order valence-electron chi connectivity index (χ3n) is 2.43. The fourth-order valence-corrected chi connectivity index (χ4v) is 2.55. The summed E-state index contributed by atoms with van der Waals surface area (Å²) in [6.07, 6.45) is -0.700. The van der Waals surface area contributed by atoms with Gasteiger partial charge in [0.05, 0.1) is 0 Å². The molecule has 0 fully saturated rings. The summed E-state index contributed by atoms with van der Waals surface area (Å²) in [6.45, 7) is 4.30. The molecule has 3 nitrogen and oxygen atoms in total. The highest BCUT2D eigenvalue weighted by Crippen LogP contribution is 2.17. The van der Waals surface area contributed by atoms with Crippen LogP contribution in [0.2, 0.25) is 0 Å². The Bertz CT molecular complexity index is 365. The van der Waals surface area contributed by atoms with Crippen molar-refractivity contribution in [3.8, 4) is 0 Å². The minimum absolute atomic E-state index is 0.432. The molecular formula is C13H18O3S. The second-order valence-corrected chi connectivity index (χ2v) is 4.75. The molecule has 1 unspecified atom stereocenters. The van der Waals surface area contributed by atoms with Gasteiger partial charge < -0.3 is 9.84 Å². The van der Waals surface area contributed by atoms with Crippen LogP contribution in [0.1, 0.15) is 18.1 Å². The van der Waals surface area contributed by atoms with Crippen LogP contribution in [-0.4, -0.2) is 29.5 Å². The van der Waals surface area contributed by atoms with Crippen LogP contribution in [0.15, 0.2) is 24.3 Å². The first-order chi connectivity index (χ1) is 8.15. The lowest BCUT2D eigenvalue weighted by molar-refractivity contribution is -0.148. The average Bonchev–Trinajstić information content (AvgIpc) is 2.30. The van der Waals surface area contributed by atoms with E-state index in [1.54, 1.807) is 11.8 Å². The molecule has 0 aliphatic heterocycles. The zero-order chi connectivity index (χ0) is 12.7. The third-order valence-corrected chi connectivity index (χ3v) is 3.48. The lowest BCUT2D eigenvalue weighted by atomic mass is 10.1. The summed E-state index contributed by atoms with van der Waals surface area (Å²) in [7, 11) is 0. The van der Waals surface area contributed by atoms with E-state index in [1.165, 1.54) is 11.1 Å². The normalized spacial score (nSPS) is 12.4. The van der Waals surface area contributed by atoms with Crippen LogP contribution in [0.3, 0.4) is 0 Å². The minimum Gasteiger partial charge on any atom is -0.479 e. The van der Waals surface area contributed by atoms with Crippen molar-refractivity contribution in [3.63, 3.8) is 0 Å². The number of hydrogen-bond acceptors (Lipinski definition) is 3. The highest BCUT2D eigenvalue weighted by atomic mass is 32.2. The van der Waals surface area contributed by atoms with E-state index in [0.29, 0.717) is 12.4 Å². The zero-order valence-corrected chi connectivity index (χ0v) is 11.0. The summed E-state index contributed by atoms with van der Waals surface area (Å²) in [5.41, 5.74) is 2.49. The Morgan fingerprint density at radius 3 is 2.76 bits per heavy atom. The van der Waals surface area contributed by atoms with Crippen LogP contribution in [-0.2, 0) is 15.3 Å². The number of ether oxygens (including phenoxy) is 1. The second kappa shape index (κ2) is 7.35. The van der Waals surface area contributed by atoms with Crippen molar-refractivity contribution in [1.29, 1.82) is 0 Å². The van der Waals surface area contributed by atoms with Gasteiger partial charge in [-0.05, 0) is 25.0 Å². The molecule has 0 aromatic heterocycles. The fraction of sp³-hybridized carbons (Fsp3) is 0.462. The summed E-state index contributed by atoms with van der Waals surface area (Å²) in [5, 5.41) is 8.92. The van der Waals surface area contributed by atoms with Gasteiger partial charge >= 0.3 is 5.97 Å². The van der Waals surface area contributed by atoms with Gasteiger partial charge in [-0.2, -0.15) is 11.8 Å². The molecule has 1 aromatic carbocycles. The summed E-state index contributed by atoms with van der Waals surface area (Å²) in [4.78, 5) is 10.9. The van der Waals surface area contributed by atoms with Gasteiger partial charge in [0.15, 0.2) is 6.10 Å². The SMILES string of the molecule is CCOC(CSCc1ccccc1C)C(=O)O. The van der Waals surface area contributed by atoms with Gasteiger partial charge in [-0.25, -0.2) is 4.79 Å². The maximum atomic E-state index is 10.9. The Hall–Kier alpha value is -1.00. The molecule has 94 valence electrons. The molecule has 0 aliphatic carbocycles. The monoisotopic (exact) mass is 254 g/mol. The van der Waals surface area contributed by atoms with Crippen LogP contribution in [0.25, 0.3) is 0 Å². The number of carbonyl (C=O) groups is 1. The van der Waals surface area contributed by atoms with E-state index in [4.69, 9.17) is 9.84 Å². The van der Waals surface area contributed by atoms with Crippen LogP contribution in [0.4, 0.5) is 0 Å². The lowest BCUT2D eigenvalue weighted by Gasteiger charge is -2.12. The van der Waals surface area contributed by atoms with E-state index < -0.39 is 12.1 Å². The van der Waals surface area contributed by atoms with Crippen molar-refractivity contribution in [2.24, 2.45) is 0 Å². The highest BCUT2D eigenvalue weighted by Gasteiger charge is 2.17. The number of benzene rings is 1. The zero-order valence-electron chi connectivity index (χ0n) is 10.2. The highest BCUT2D eigenvalue weighted by molar-refractivity contribution is 7.98. The van der Waals surface area contributed by atoms with Gasteiger partial charge in [0, 0.05) is 18.1 Å². The molecule has 0 heterocycles. The second-order valence-electron chi connectivity index (χ2n) is 3.72. The topological polar surface area (TPSA) is 46.5 Å². The number of thioether (sulfide) groups is 1. The number of aryl methyl sites for hydroxylation is 1. The van der Waals surface area contributed by atoms with E-state index >= 15 is 0 Å². The first-order valence-corrected chi connectivity index (χ1v) is 6.77. The van der Waals surface area contributed by atoms with Crippen molar-refractivity contribution in [2.45, 2.75) is 25.7 Å². The fourth-order valence-electron chi connectivity index (χ4n) is 1.44. The van der Waals surface area contributed by atoms with Crippen LogP contribution in [0, 0.1) is 6.92 Å². The van der Waals surface area contributed by atoms with E-state index in [2.05, 4.69) is 19.1 Å². The molecule has 1 N–H and O–H groups in total. The van der Waals surface area contributed by atoms with Crippen molar-refractivity contribution in [3.05, 3.63) is 35.4 Å².